The van der Waals surface area contributed by atoms with Crippen LogP contribution in [0.4, 0.5) is 5.69 Å². The second kappa shape index (κ2) is 12.6. The molecule has 3 rings (SSSR count). The molecular formula is C23H34ClN3O6. The zero-order chi connectivity index (χ0) is 24.5. The highest BCUT2D eigenvalue weighted by atomic mass is 35.5. The van der Waals surface area contributed by atoms with E-state index in [0.29, 0.717) is 35.0 Å². The number of anilines is 1. The number of ether oxygens (including phenoxy) is 1. The van der Waals surface area contributed by atoms with Crippen molar-refractivity contribution in [1.29, 1.82) is 0 Å². The minimum absolute atomic E-state index is 0.116. The maximum absolute atomic E-state index is 12.8. The van der Waals surface area contributed by atoms with Gasteiger partial charge in [-0.05, 0) is 38.3 Å². The Hall–Kier alpha value is -2.52. The van der Waals surface area contributed by atoms with Gasteiger partial charge in [-0.15, -0.1) is 0 Å². The van der Waals surface area contributed by atoms with Crippen LogP contribution in [0.2, 0.25) is 5.02 Å². The van der Waals surface area contributed by atoms with E-state index >= 15 is 0 Å². The van der Waals surface area contributed by atoms with Crippen molar-refractivity contribution in [2.24, 2.45) is 0 Å². The molecule has 1 aliphatic carbocycles. The molecule has 1 aliphatic heterocycles. The number of amides is 1. The quantitative estimate of drug-likeness (QED) is 0.528. The number of halogens is 1. The third-order valence-corrected chi connectivity index (χ3v) is 6.45. The van der Waals surface area contributed by atoms with E-state index in [2.05, 4.69) is 10.2 Å². The lowest BCUT2D eigenvalue weighted by Crippen LogP contribution is -2.45. The third kappa shape index (κ3) is 7.50. The molecule has 33 heavy (non-hydrogen) atoms. The summed E-state index contributed by atoms with van der Waals surface area (Å²) < 4.78 is 5.44. The highest BCUT2D eigenvalue weighted by molar-refractivity contribution is 6.33. The Kier molecular flexibility index (Phi) is 10.2. The fraction of sp³-hybridized carbons (Fsp3) is 0.609. The Morgan fingerprint density at radius 1 is 1.09 bits per heavy atom. The van der Waals surface area contributed by atoms with Gasteiger partial charge in [0, 0.05) is 38.8 Å². The van der Waals surface area contributed by atoms with Gasteiger partial charge in [0.2, 0.25) is 0 Å². The normalized spacial score (nSPS) is 18.7. The van der Waals surface area contributed by atoms with Gasteiger partial charge >= 0.3 is 11.9 Å². The van der Waals surface area contributed by atoms with Gasteiger partial charge in [0.1, 0.15) is 5.75 Å². The molecule has 3 N–H and O–H groups in total. The molecular weight excluding hydrogens is 450 g/mol. The van der Waals surface area contributed by atoms with E-state index in [4.69, 9.17) is 36.1 Å². The van der Waals surface area contributed by atoms with Gasteiger partial charge in [-0.2, -0.15) is 0 Å². The third-order valence-electron chi connectivity index (χ3n) is 6.14. The van der Waals surface area contributed by atoms with Crippen LogP contribution < -0.4 is 15.0 Å². The molecule has 2 fully saturated rings. The van der Waals surface area contributed by atoms with Crippen LogP contribution in [0.15, 0.2) is 12.1 Å². The van der Waals surface area contributed by atoms with Crippen LogP contribution in [0.25, 0.3) is 0 Å². The second-order valence-electron chi connectivity index (χ2n) is 8.54. The summed E-state index contributed by atoms with van der Waals surface area (Å²) in [5.74, 6) is -3.21. The van der Waals surface area contributed by atoms with Crippen molar-refractivity contribution in [3.8, 4) is 5.75 Å². The van der Waals surface area contributed by atoms with Crippen LogP contribution in [-0.2, 0) is 9.59 Å². The molecule has 1 atom stereocenters. The Bertz CT molecular complexity index is 830. The summed E-state index contributed by atoms with van der Waals surface area (Å²) in [6.45, 7) is 1.85. The lowest BCUT2D eigenvalue weighted by atomic mass is 9.94. The minimum atomic E-state index is -1.82. The largest absolute Gasteiger partial charge is 0.496 e. The van der Waals surface area contributed by atoms with Gasteiger partial charge < -0.3 is 25.2 Å². The van der Waals surface area contributed by atoms with Gasteiger partial charge in [0.05, 0.1) is 23.4 Å². The number of likely N-dealkylation sites (tertiary alicyclic amines) is 1. The maximum Gasteiger partial charge on any atom is 0.414 e. The van der Waals surface area contributed by atoms with E-state index in [1.165, 1.54) is 38.5 Å². The highest BCUT2D eigenvalue weighted by Crippen LogP contribution is 2.33. The van der Waals surface area contributed by atoms with E-state index in [1.807, 2.05) is 25.1 Å². The number of hydrogen-bond acceptors (Lipinski definition) is 6. The van der Waals surface area contributed by atoms with E-state index in [9.17, 15) is 4.79 Å². The van der Waals surface area contributed by atoms with Crippen LogP contribution in [0.5, 0.6) is 5.75 Å². The Labute approximate surface area is 199 Å². The first kappa shape index (κ1) is 26.7. The SMILES string of the molecule is COc1cc(N(C)C)c(Cl)cc1C(=O)NCC1CCCN1C1CCCCC1.O=C(O)C(=O)O. The van der Waals surface area contributed by atoms with E-state index < -0.39 is 11.9 Å². The van der Waals surface area contributed by atoms with Gasteiger partial charge in [0.15, 0.2) is 0 Å². The molecule has 184 valence electrons. The van der Waals surface area contributed by atoms with E-state index in [0.717, 1.165) is 18.7 Å². The summed E-state index contributed by atoms with van der Waals surface area (Å²) >= 11 is 6.36. The lowest BCUT2D eigenvalue weighted by molar-refractivity contribution is -0.159. The summed E-state index contributed by atoms with van der Waals surface area (Å²) in [6.07, 6.45) is 9.05. The molecule has 1 saturated heterocycles. The number of carbonyl (C=O) groups is 3. The fourth-order valence-corrected chi connectivity index (χ4v) is 4.84. The second-order valence-corrected chi connectivity index (χ2v) is 8.95. The van der Waals surface area contributed by atoms with Crippen molar-refractivity contribution in [1.82, 2.24) is 10.2 Å². The monoisotopic (exact) mass is 483 g/mol. The van der Waals surface area contributed by atoms with E-state index in [1.54, 1.807) is 13.2 Å². The Morgan fingerprint density at radius 2 is 1.73 bits per heavy atom. The Morgan fingerprint density at radius 3 is 2.27 bits per heavy atom. The molecule has 0 radical (unpaired) electrons. The minimum Gasteiger partial charge on any atom is -0.496 e. The molecule has 1 aromatic carbocycles. The van der Waals surface area contributed by atoms with Gasteiger partial charge in [0.25, 0.3) is 5.91 Å². The zero-order valence-electron chi connectivity index (χ0n) is 19.5. The summed E-state index contributed by atoms with van der Waals surface area (Å²) in [4.78, 5) is 35.6. The number of hydrogen-bond donors (Lipinski definition) is 3. The number of carbonyl (C=O) groups excluding carboxylic acids is 1. The molecule has 1 saturated carbocycles. The Balaban J connectivity index is 0.000000569. The van der Waals surface area contributed by atoms with Gasteiger partial charge in [-0.1, -0.05) is 30.9 Å². The topological polar surface area (TPSA) is 119 Å². The highest BCUT2D eigenvalue weighted by Gasteiger charge is 2.31. The first-order valence-electron chi connectivity index (χ1n) is 11.2. The number of rotatable bonds is 6. The number of benzene rings is 1. The van der Waals surface area contributed by atoms with Crippen molar-refractivity contribution < 1.29 is 29.3 Å². The summed E-state index contributed by atoms with van der Waals surface area (Å²) in [7, 11) is 5.42. The van der Waals surface area contributed by atoms with Crippen LogP contribution >= 0.6 is 11.6 Å². The number of carboxylic acid groups (broad SMARTS) is 2. The molecule has 0 bridgehead atoms. The van der Waals surface area contributed by atoms with Crippen molar-refractivity contribution in [3.05, 3.63) is 22.7 Å². The average Bonchev–Trinajstić information content (AvgIpc) is 3.26. The number of carboxylic acids is 2. The molecule has 1 heterocycles. The number of nitrogens with zero attached hydrogens (tertiary/aromatic N) is 2. The van der Waals surface area contributed by atoms with Gasteiger partial charge in [-0.25, -0.2) is 9.59 Å². The van der Waals surface area contributed by atoms with Crippen molar-refractivity contribution in [2.45, 2.75) is 57.0 Å². The zero-order valence-corrected chi connectivity index (χ0v) is 20.2. The number of methoxy groups -OCH3 is 1. The molecule has 0 spiro atoms. The first-order valence-corrected chi connectivity index (χ1v) is 11.6. The standard InChI is InChI=1S/C21H32ClN3O2.C2H2O4/c1-24(2)19-13-20(27-3)17(12-18(19)22)21(26)23-14-16-10-7-11-25(16)15-8-5-4-6-9-15;3-1(4)2(5)6/h12-13,15-16H,4-11,14H2,1-3H3,(H,23,26);(H,3,4)(H,5,6). The van der Waals surface area contributed by atoms with Crippen LogP contribution in [0.1, 0.15) is 55.3 Å². The molecule has 9 nitrogen and oxygen atoms in total. The van der Waals surface area contributed by atoms with Gasteiger partial charge in [-0.3, -0.25) is 9.69 Å². The predicted octanol–water partition coefficient (Wildman–Crippen LogP) is 3.10. The fourth-order valence-electron chi connectivity index (χ4n) is 4.51. The van der Waals surface area contributed by atoms with Crippen molar-refractivity contribution in [3.63, 3.8) is 0 Å². The molecule has 1 amide bonds. The lowest BCUT2D eigenvalue weighted by Gasteiger charge is -2.35. The predicted molar refractivity (Wildman–Crippen MR) is 127 cm³/mol. The van der Waals surface area contributed by atoms with Crippen LogP contribution in [0.3, 0.4) is 0 Å². The molecule has 1 aromatic rings. The molecule has 2 aliphatic rings. The van der Waals surface area contributed by atoms with Crippen molar-refractivity contribution >= 4 is 35.1 Å². The van der Waals surface area contributed by atoms with Crippen molar-refractivity contribution in [2.75, 3.05) is 39.2 Å². The smallest absolute Gasteiger partial charge is 0.414 e. The van der Waals surface area contributed by atoms with Crippen LogP contribution in [-0.4, -0.2) is 79.3 Å². The first-order chi connectivity index (χ1) is 15.6. The summed E-state index contributed by atoms with van der Waals surface area (Å²) in [5, 5.41) is 18.5. The maximum atomic E-state index is 12.8. The summed E-state index contributed by atoms with van der Waals surface area (Å²) in [6, 6.07) is 4.67. The average molecular weight is 484 g/mol. The number of nitrogens with one attached hydrogen (secondary N) is 1. The van der Waals surface area contributed by atoms with Crippen LogP contribution in [0, 0.1) is 0 Å². The molecule has 10 heteroatoms. The van der Waals surface area contributed by atoms with E-state index in [-0.39, 0.29) is 5.91 Å². The molecule has 1 unspecified atom stereocenters. The number of aliphatic carboxylic acids is 2. The summed E-state index contributed by atoms with van der Waals surface area (Å²) in [5.41, 5.74) is 1.33. The molecule has 0 aromatic heterocycles.